The Hall–Kier alpha value is -2.93. The summed E-state index contributed by atoms with van der Waals surface area (Å²) in [5.74, 6) is 2.98. The number of nitrogens with zero attached hydrogens (tertiary/aromatic N) is 1. The number of phenols is 1. The second-order valence-electron chi connectivity index (χ2n) is 8.23. The summed E-state index contributed by atoms with van der Waals surface area (Å²) in [6, 6.07) is 10.9. The van der Waals surface area contributed by atoms with E-state index >= 15 is 0 Å². The summed E-state index contributed by atoms with van der Waals surface area (Å²) in [6.45, 7) is 3.04. The number of hydrogen-bond acceptors (Lipinski definition) is 6. The van der Waals surface area contributed by atoms with Crippen molar-refractivity contribution in [2.75, 3.05) is 34.4 Å². The minimum absolute atomic E-state index is 0.0467. The molecule has 174 valence electrons. The average Bonchev–Trinajstić information content (AvgIpc) is 2.83. The van der Waals surface area contributed by atoms with Crippen molar-refractivity contribution in [2.45, 2.75) is 38.8 Å². The third-order valence-corrected chi connectivity index (χ3v) is 6.03. The number of carbonyl (C=O) groups excluding carboxylic acids is 1. The number of hydrogen-bond donors (Lipinski definition) is 2. The maximum absolute atomic E-state index is 12.4. The fourth-order valence-corrected chi connectivity index (χ4v) is 4.20. The van der Waals surface area contributed by atoms with Gasteiger partial charge < -0.3 is 24.6 Å². The quantitative estimate of drug-likeness (QED) is 0.584. The molecule has 1 heterocycles. The van der Waals surface area contributed by atoms with Gasteiger partial charge in [-0.3, -0.25) is 9.69 Å². The van der Waals surface area contributed by atoms with E-state index in [9.17, 15) is 9.90 Å². The molecule has 7 heteroatoms. The number of methoxy groups -OCH3 is 3. The number of ether oxygens (including phenoxy) is 3. The average molecular weight is 443 g/mol. The summed E-state index contributed by atoms with van der Waals surface area (Å²) in [5.41, 5.74) is 1.79. The van der Waals surface area contributed by atoms with Crippen molar-refractivity contribution >= 4 is 5.91 Å². The van der Waals surface area contributed by atoms with E-state index in [0.29, 0.717) is 36.9 Å². The standard InChI is InChI=1S/C25H34N2O5/c1-30-21-9-10-23(28)20(13-21)17-27-12-4-5-18(16-27)6-11-25(29)26-15-19-7-8-22(31-2)14-24(19)32-3/h7-10,13-14,18,28H,4-6,11-12,15-17H2,1-3H3,(H,26,29). The minimum Gasteiger partial charge on any atom is -0.508 e. The Bertz CT molecular complexity index is 902. The van der Waals surface area contributed by atoms with E-state index in [-0.39, 0.29) is 5.91 Å². The first-order chi connectivity index (χ1) is 15.5. The number of carbonyl (C=O) groups is 1. The van der Waals surface area contributed by atoms with E-state index in [1.807, 2.05) is 24.3 Å². The summed E-state index contributed by atoms with van der Waals surface area (Å²) < 4.78 is 15.9. The van der Waals surface area contributed by atoms with Gasteiger partial charge in [0.2, 0.25) is 5.91 Å². The normalized spacial score (nSPS) is 16.4. The number of amides is 1. The van der Waals surface area contributed by atoms with Gasteiger partial charge in [0.1, 0.15) is 23.0 Å². The Labute approximate surface area is 190 Å². The van der Waals surface area contributed by atoms with Gasteiger partial charge in [0, 0.05) is 43.2 Å². The minimum atomic E-state index is 0.0467. The predicted molar refractivity (Wildman–Crippen MR) is 123 cm³/mol. The zero-order chi connectivity index (χ0) is 22.9. The van der Waals surface area contributed by atoms with Crippen LogP contribution in [0, 0.1) is 5.92 Å². The maximum Gasteiger partial charge on any atom is 0.220 e. The third kappa shape index (κ3) is 6.53. The van der Waals surface area contributed by atoms with Gasteiger partial charge in [-0.1, -0.05) is 0 Å². The Balaban J connectivity index is 1.46. The number of likely N-dealkylation sites (tertiary alicyclic amines) is 1. The summed E-state index contributed by atoms with van der Waals surface area (Å²) >= 11 is 0. The molecule has 2 N–H and O–H groups in total. The van der Waals surface area contributed by atoms with Crippen LogP contribution in [-0.4, -0.2) is 50.3 Å². The van der Waals surface area contributed by atoms with E-state index in [1.165, 1.54) is 0 Å². The molecule has 1 saturated heterocycles. The molecule has 0 bridgehead atoms. The fraction of sp³-hybridized carbons (Fsp3) is 0.480. The molecular formula is C25H34N2O5. The van der Waals surface area contributed by atoms with E-state index in [0.717, 1.165) is 55.0 Å². The van der Waals surface area contributed by atoms with Crippen molar-refractivity contribution in [3.63, 3.8) is 0 Å². The first kappa shape index (κ1) is 23.7. The van der Waals surface area contributed by atoms with Gasteiger partial charge in [-0.05, 0) is 62.1 Å². The molecule has 1 aliphatic heterocycles. The zero-order valence-corrected chi connectivity index (χ0v) is 19.2. The van der Waals surface area contributed by atoms with Crippen LogP contribution in [0.5, 0.6) is 23.0 Å². The Morgan fingerprint density at radius 3 is 2.56 bits per heavy atom. The number of phenolic OH excluding ortho intramolecular Hbond substituents is 1. The van der Waals surface area contributed by atoms with Gasteiger partial charge in [0.15, 0.2) is 0 Å². The number of aromatic hydroxyl groups is 1. The molecule has 1 fully saturated rings. The van der Waals surface area contributed by atoms with Gasteiger partial charge in [-0.2, -0.15) is 0 Å². The third-order valence-electron chi connectivity index (χ3n) is 6.03. The van der Waals surface area contributed by atoms with Crippen LogP contribution in [0.15, 0.2) is 36.4 Å². The molecule has 0 radical (unpaired) electrons. The van der Waals surface area contributed by atoms with Gasteiger partial charge in [0.25, 0.3) is 0 Å². The molecule has 0 spiro atoms. The predicted octanol–water partition coefficient (Wildman–Crippen LogP) is 3.73. The summed E-state index contributed by atoms with van der Waals surface area (Å²) in [7, 11) is 4.85. The first-order valence-electron chi connectivity index (χ1n) is 11.1. The molecule has 0 aliphatic carbocycles. The molecule has 1 aliphatic rings. The second kappa shape index (κ2) is 11.6. The van der Waals surface area contributed by atoms with Crippen molar-refractivity contribution in [2.24, 2.45) is 5.92 Å². The Morgan fingerprint density at radius 2 is 1.81 bits per heavy atom. The highest BCUT2D eigenvalue weighted by Crippen LogP contribution is 2.28. The number of rotatable bonds is 10. The van der Waals surface area contributed by atoms with Gasteiger partial charge in [0.05, 0.1) is 21.3 Å². The largest absolute Gasteiger partial charge is 0.508 e. The van der Waals surface area contributed by atoms with Crippen LogP contribution in [0.3, 0.4) is 0 Å². The molecule has 0 aromatic heterocycles. The molecule has 32 heavy (non-hydrogen) atoms. The van der Waals surface area contributed by atoms with Crippen molar-refractivity contribution in [3.8, 4) is 23.0 Å². The highest BCUT2D eigenvalue weighted by molar-refractivity contribution is 5.75. The maximum atomic E-state index is 12.4. The molecule has 2 aromatic carbocycles. The van der Waals surface area contributed by atoms with E-state index in [1.54, 1.807) is 33.5 Å². The van der Waals surface area contributed by atoms with E-state index < -0.39 is 0 Å². The van der Waals surface area contributed by atoms with Crippen molar-refractivity contribution in [1.29, 1.82) is 0 Å². The van der Waals surface area contributed by atoms with E-state index in [2.05, 4.69) is 10.2 Å². The smallest absolute Gasteiger partial charge is 0.220 e. The molecule has 1 atom stereocenters. The molecule has 7 nitrogen and oxygen atoms in total. The summed E-state index contributed by atoms with van der Waals surface area (Å²) in [6.07, 6.45) is 3.58. The van der Waals surface area contributed by atoms with Crippen LogP contribution in [0.2, 0.25) is 0 Å². The molecule has 1 unspecified atom stereocenters. The van der Waals surface area contributed by atoms with Crippen molar-refractivity contribution < 1.29 is 24.1 Å². The molecule has 0 saturated carbocycles. The molecule has 3 rings (SSSR count). The molecular weight excluding hydrogens is 408 g/mol. The van der Waals surface area contributed by atoms with Crippen LogP contribution in [0.4, 0.5) is 0 Å². The Morgan fingerprint density at radius 1 is 1.06 bits per heavy atom. The first-order valence-corrected chi connectivity index (χ1v) is 11.1. The molecule has 2 aromatic rings. The lowest BCUT2D eigenvalue weighted by molar-refractivity contribution is -0.121. The topological polar surface area (TPSA) is 80.3 Å². The summed E-state index contributed by atoms with van der Waals surface area (Å²) in [4.78, 5) is 14.8. The van der Waals surface area contributed by atoms with Crippen LogP contribution >= 0.6 is 0 Å². The van der Waals surface area contributed by atoms with Gasteiger partial charge >= 0.3 is 0 Å². The lowest BCUT2D eigenvalue weighted by atomic mass is 9.93. The van der Waals surface area contributed by atoms with Crippen molar-refractivity contribution in [1.82, 2.24) is 10.2 Å². The molecule has 1 amide bonds. The van der Waals surface area contributed by atoms with Gasteiger partial charge in [-0.25, -0.2) is 0 Å². The number of piperidine rings is 1. The van der Waals surface area contributed by atoms with Crippen LogP contribution in [0.1, 0.15) is 36.8 Å². The van der Waals surface area contributed by atoms with Gasteiger partial charge in [-0.15, -0.1) is 0 Å². The highest BCUT2D eigenvalue weighted by Gasteiger charge is 2.21. The Kier molecular flexibility index (Phi) is 8.62. The highest BCUT2D eigenvalue weighted by atomic mass is 16.5. The monoisotopic (exact) mass is 442 g/mol. The van der Waals surface area contributed by atoms with E-state index in [4.69, 9.17) is 14.2 Å². The number of nitrogens with one attached hydrogen (secondary N) is 1. The fourth-order valence-electron chi connectivity index (χ4n) is 4.20. The van der Waals surface area contributed by atoms with Crippen LogP contribution in [-0.2, 0) is 17.9 Å². The SMILES string of the molecule is COc1ccc(O)c(CN2CCCC(CCC(=O)NCc3ccc(OC)cc3OC)C2)c1. The number of benzene rings is 2. The zero-order valence-electron chi connectivity index (χ0n) is 19.2. The van der Waals surface area contributed by atoms with Crippen LogP contribution < -0.4 is 19.5 Å². The lowest BCUT2D eigenvalue weighted by Gasteiger charge is -2.33. The van der Waals surface area contributed by atoms with Crippen molar-refractivity contribution in [3.05, 3.63) is 47.5 Å². The second-order valence-corrected chi connectivity index (χ2v) is 8.23. The summed E-state index contributed by atoms with van der Waals surface area (Å²) in [5, 5.41) is 13.2. The lowest BCUT2D eigenvalue weighted by Crippen LogP contribution is -2.35. The van der Waals surface area contributed by atoms with Crippen LogP contribution in [0.25, 0.3) is 0 Å².